The molecule has 0 saturated carbocycles. The minimum Gasteiger partial charge on any atom is -0.497 e. The second-order valence-corrected chi connectivity index (χ2v) is 5.60. The van der Waals surface area contributed by atoms with Gasteiger partial charge >= 0.3 is 0 Å². The van der Waals surface area contributed by atoms with Gasteiger partial charge in [-0.15, -0.1) is 0 Å². The van der Waals surface area contributed by atoms with E-state index in [1.165, 1.54) is 0 Å². The summed E-state index contributed by atoms with van der Waals surface area (Å²) in [6.45, 7) is 0.228. The molecule has 0 saturated heterocycles. The normalized spacial score (nSPS) is 17.3. The van der Waals surface area contributed by atoms with Crippen molar-refractivity contribution in [1.82, 2.24) is 0 Å². The number of rotatable bonds is 2. The molecule has 4 heteroatoms. The summed E-state index contributed by atoms with van der Waals surface area (Å²) >= 11 is 0. The van der Waals surface area contributed by atoms with E-state index in [-0.39, 0.29) is 12.6 Å². The molecule has 0 atom stereocenters. The molecule has 0 fully saturated rings. The molecule has 2 aromatic carbocycles. The standard InChI is InChI=1S/C19H16O4/c1-21-15-7-8-16-12(10-15)5-6-13(18(16)20)9-14-3-2-4-17-19(14)23-11-22-17/h2-4,7-10H,5-6,11H2,1H3. The van der Waals surface area contributed by atoms with Crippen LogP contribution < -0.4 is 14.2 Å². The number of hydrogen-bond acceptors (Lipinski definition) is 4. The predicted octanol–water partition coefficient (Wildman–Crippen LogP) is 3.64. The fourth-order valence-corrected chi connectivity index (χ4v) is 3.07. The largest absolute Gasteiger partial charge is 0.497 e. The van der Waals surface area contributed by atoms with Crippen molar-refractivity contribution in [2.24, 2.45) is 0 Å². The van der Waals surface area contributed by atoms with Crippen molar-refractivity contribution in [2.75, 3.05) is 13.9 Å². The van der Waals surface area contributed by atoms with Gasteiger partial charge in [-0.1, -0.05) is 12.1 Å². The predicted molar refractivity (Wildman–Crippen MR) is 86.2 cm³/mol. The van der Waals surface area contributed by atoms with E-state index >= 15 is 0 Å². The van der Waals surface area contributed by atoms with Gasteiger partial charge < -0.3 is 14.2 Å². The molecule has 1 heterocycles. The smallest absolute Gasteiger partial charge is 0.231 e. The van der Waals surface area contributed by atoms with Crippen LogP contribution >= 0.6 is 0 Å². The van der Waals surface area contributed by atoms with Crippen LogP contribution in [0.1, 0.15) is 27.9 Å². The lowest BCUT2D eigenvalue weighted by atomic mass is 9.86. The van der Waals surface area contributed by atoms with Gasteiger partial charge in [0.1, 0.15) is 5.75 Å². The summed E-state index contributed by atoms with van der Waals surface area (Å²) in [7, 11) is 1.63. The van der Waals surface area contributed by atoms with Gasteiger partial charge in [0.15, 0.2) is 17.3 Å². The Kier molecular flexibility index (Phi) is 3.30. The molecule has 0 unspecified atom stereocenters. The molecule has 2 aliphatic rings. The minimum absolute atomic E-state index is 0.0745. The first-order valence-corrected chi connectivity index (χ1v) is 7.57. The topological polar surface area (TPSA) is 44.8 Å². The molecule has 0 spiro atoms. The number of carbonyl (C=O) groups is 1. The molecule has 4 rings (SSSR count). The van der Waals surface area contributed by atoms with Crippen LogP contribution in [0.25, 0.3) is 6.08 Å². The number of para-hydroxylation sites is 1. The second-order valence-electron chi connectivity index (χ2n) is 5.60. The Balaban J connectivity index is 1.71. The van der Waals surface area contributed by atoms with Crippen molar-refractivity contribution in [2.45, 2.75) is 12.8 Å². The Morgan fingerprint density at radius 3 is 2.91 bits per heavy atom. The van der Waals surface area contributed by atoms with Crippen LogP contribution in [0, 0.1) is 0 Å². The van der Waals surface area contributed by atoms with Crippen LogP contribution in [-0.4, -0.2) is 19.7 Å². The zero-order valence-corrected chi connectivity index (χ0v) is 12.8. The summed E-state index contributed by atoms with van der Waals surface area (Å²) in [4.78, 5) is 12.7. The first kappa shape index (κ1) is 13.9. The summed E-state index contributed by atoms with van der Waals surface area (Å²) in [5.74, 6) is 2.31. The molecule has 116 valence electrons. The molecule has 0 amide bonds. The molecule has 0 bridgehead atoms. The number of methoxy groups -OCH3 is 1. The maximum Gasteiger partial charge on any atom is 0.231 e. The number of benzene rings is 2. The third-order valence-corrected chi connectivity index (χ3v) is 4.27. The Hall–Kier alpha value is -2.75. The third-order valence-electron chi connectivity index (χ3n) is 4.27. The molecular weight excluding hydrogens is 292 g/mol. The number of hydrogen-bond donors (Lipinski definition) is 0. The van der Waals surface area contributed by atoms with E-state index in [9.17, 15) is 4.79 Å². The van der Waals surface area contributed by atoms with E-state index in [0.29, 0.717) is 12.2 Å². The minimum atomic E-state index is 0.0745. The van der Waals surface area contributed by atoms with E-state index in [1.54, 1.807) is 7.11 Å². The van der Waals surface area contributed by atoms with Crippen LogP contribution in [0.4, 0.5) is 0 Å². The van der Waals surface area contributed by atoms with Gasteiger partial charge in [0.2, 0.25) is 6.79 Å². The zero-order chi connectivity index (χ0) is 15.8. The van der Waals surface area contributed by atoms with Gasteiger partial charge in [0.25, 0.3) is 0 Å². The van der Waals surface area contributed by atoms with E-state index in [2.05, 4.69) is 0 Å². The van der Waals surface area contributed by atoms with Crippen LogP contribution in [0.5, 0.6) is 17.2 Å². The second kappa shape index (κ2) is 5.47. The highest BCUT2D eigenvalue weighted by Gasteiger charge is 2.24. The Bertz CT molecular complexity index is 820. The fraction of sp³-hybridized carbons (Fsp3) is 0.211. The van der Waals surface area contributed by atoms with Crippen molar-refractivity contribution in [3.05, 3.63) is 58.7 Å². The zero-order valence-electron chi connectivity index (χ0n) is 12.8. The van der Waals surface area contributed by atoms with E-state index in [1.807, 2.05) is 42.5 Å². The van der Waals surface area contributed by atoms with Crippen LogP contribution in [0.2, 0.25) is 0 Å². The lowest BCUT2D eigenvalue weighted by Gasteiger charge is -2.18. The summed E-state index contributed by atoms with van der Waals surface area (Å²) < 4.78 is 16.1. The van der Waals surface area contributed by atoms with E-state index in [0.717, 1.165) is 40.2 Å². The number of allylic oxidation sites excluding steroid dienone is 1. The van der Waals surface area contributed by atoms with Crippen molar-refractivity contribution in [1.29, 1.82) is 0 Å². The Morgan fingerprint density at radius 2 is 2.04 bits per heavy atom. The lowest BCUT2D eigenvalue weighted by Crippen LogP contribution is -2.14. The number of ketones is 1. The van der Waals surface area contributed by atoms with E-state index in [4.69, 9.17) is 14.2 Å². The Morgan fingerprint density at radius 1 is 1.13 bits per heavy atom. The molecule has 1 aliphatic carbocycles. The SMILES string of the molecule is COc1ccc2c(c1)CCC(=Cc1cccc3c1OCO3)C2=O. The molecule has 1 aliphatic heterocycles. The van der Waals surface area contributed by atoms with Gasteiger partial charge in [-0.05, 0) is 48.7 Å². The van der Waals surface area contributed by atoms with Gasteiger partial charge in [0, 0.05) is 16.7 Å². The highest BCUT2D eigenvalue weighted by atomic mass is 16.7. The maximum atomic E-state index is 12.7. The van der Waals surface area contributed by atoms with Gasteiger partial charge in [-0.3, -0.25) is 4.79 Å². The van der Waals surface area contributed by atoms with Gasteiger partial charge in [-0.25, -0.2) is 0 Å². The first-order valence-electron chi connectivity index (χ1n) is 7.57. The molecule has 0 radical (unpaired) electrons. The summed E-state index contributed by atoms with van der Waals surface area (Å²) in [6, 6.07) is 11.3. The molecule has 23 heavy (non-hydrogen) atoms. The molecular formula is C19H16O4. The maximum absolute atomic E-state index is 12.7. The summed E-state index contributed by atoms with van der Waals surface area (Å²) in [6.07, 6.45) is 3.46. The molecule has 2 aromatic rings. The quantitative estimate of drug-likeness (QED) is 0.795. The van der Waals surface area contributed by atoms with Crippen LogP contribution in [-0.2, 0) is 6.42 Å². The highest BCUT2D eigenvalue weighted by Crippen LogP contribution is 2.38. The molecule has 4 nitrogen and oxygen atoms in total. The summed E-state index contributed by atoms with van der Waals surface area (Å²) in [5.41, 5.74) is 3.49. The van der Waals surface area contributed by atoms with Crippen molar-refractivity contribution < 1.29 is 19.0 Å². The van der Waals surface area contributed by atoms with Gasteiger partial charge in [0.05, 0.1) is 7.11 Å². The Labute approximate surface area is 134 Å². The van der Waals surface area contributed by atoms with E-state index < -0.39 is 0 Å². The van der Waals surface area contributed by atoms with Crippen molar-refractivity contribution >= 4 is 11.9 Å². The number of carbonyl (C=O) groups excluding carboxylic acids is 1. The lowest BCUT2D eigenvalue weighted by molar-refractivity contribution is 0.102. The van der Waals surface area contributed by atoms with Crippen LogP contribution in [0.15, 0.2) is 42.0 Å². The number of ether oxygens (including phenoxy) is 3. The number of fused-ring (bicyclic) bond motifs is 2. The average Bonchev–Trinajstić information content (AvgIpc) is 3.06. The number of Topliss-reactive ketones (excluding diaryl/α,β-unsaturated/α-hetero) is 1. The molecule has 0 aromatic heterocycles. The number of aryl methyl sites for hydroxylation is 1. The van der Waals surface area contributed by atoms with Crippen molar-refractivity contribution in [3.8, 4) is 17.2 Å². The van der Waals surface area contributed by atoms with Crippen molar-refractivity contribution in [3.63, 3.8) is 0 Å². The highest BCUT2D eigenvalue weighted by molar-refractivity contribution is 6.13. The van der Waals surface area contributed by atoms with Crippen LogP contribution in [0.3, 0.4) is 0 Å². The third kappa shape index (κ3) is 2.36. The van der Waals surface area contributed by atoms with Gasteiger partial charge in [-0.2, -0.15) is 0 Å². The summed E-state index contributed by atoms with van der Waals surface area (Å²) in [5, 5.41) is 0. The first-order chi connectivity index (χ1) is 11.3. The molecule has 0 N–H and O–H groups in total. The fourth-order valence-electron chi connectivity index (χ4n) is 3.07. The monoisotopic (exact) mass is 308 g/mol. The average molecular weight is 308 g/mol.